The quantitative estimate of drug-likeness (QED) is 0.873. The zero-order valence-electron chi connectivity index (χ0n) is 9.72. The molecule has 1 aromatic heterocycles. The lowest BCUT2D eigenvalue weighted by Crippen LogP contribution is -2.05. The molecule has 88 valence electrons. The van der Waals surface area contributed by atoms with Gasteiger partial charge in [0.15, 0.2) is 0 Å². The van der Waals surface area contributed by atoms with Gasteiger partial charge in [0.1, 0.15) is 0 Å². The Morgan fingerprint density at radius 3 is 2.88 bits per heavy atom. The normalized spacial score (nSPS) is 18.9. The number of aromatic nitrogens is 1. The third kappa shape index (κ3) is 3.22. The Kier molecular flexibility index (Phi) is 4.24. The van der Waals surface area contributed by atoms with E-state index in [0.29, 0.717) is 0 Å². The van der Waals surface area contributed by atoms with E-state index in [-0.39, 0.29) is 6.10 Å². The van der Waals surface area contributed by atoms with E-state index in [1.165, 1.54) is 25.7 Å². The zero-order chi connectivity index (χ0) is 11.4. The maximum absolute atomic E-state index is 10.0. The minimum atomic E-state index is -0.363. The Morgan fingerprint density at radius 1 is 1.44 bits per heavy atom. The lowest BCUT2D eigenvalue weighted by molar-refractivity contribution is 0.203. The number of aliphatic hydroxyl groups excluding tert-OH is 1. The standard InChI is InChI=1S/C13H19NOS/c1-10-6-11(8-14-7-10)13(15)9-16-12-4-2-3-5-12/h6-8,12-13,15H,2-5,9H2,1H3. The molecule has 1 aliphatic carbocycles. The summed E-state index contributed by atoms with van der Waals surface area (Å²) in [4.78, 5) is 4.12. The van der Waals surface area contributed by atoms with Gasteiger partial charge in [0.25, 0.3) is 0 Å². The van der Waals surface area contributed by atoms with Gasteiger partial charge < -0.3 is 5.11 Å². The fourth-order valence-electron chi connectivity index (χ4n) is 2.14. The molecule has 0 aromatic carbocycles. The van der Waals surface area contributed by atoms with Crippen LogP contribution in [-0.2, 0) is 0 Å². The molecular formula is C13H19NOS. The van der Waals surface area contributed by atoms with Crippen molar-refractivity contribution in [3.05, 3.63) is 29.6 Å². The van der Waals surface area contributed by atoms with E-state index in [0.717, 1.165) is 22.1 Å². The Morgan fingerprint density at radius 2 is 2.19 bits per heavy atom. The maximum Gasteiger partial charge on any atom is 0.0895 e. The van der Waals surface area contributed by atoms with Crippen LogP contribution in [0.5, 0.6) is 0 Å². The van der Waals surface area contributed by atoms with Gasteiger partial charge in [0.2, 0.25) is 0 Å². The maximum atomic E-state index is 10.0. The fraction of sp³-hybridized carbons (Fsp3) is 0.615. The molecule has 1 atom stereocenters. The van der Waals surface area contributed by atoms with Gasteiger partial charge in [0.05, 0.1) is 6.10 Å². The Hall–Kier alpha value is -0.540. The first kappa shape index (κ1) is 11.9. The minimum Gasteiger partial charge on any atom is -0.387 e. The van der Waals surface area contributed by atoms with E-state index in [4.69, 9.17) is 0 Å². The molecule has 1 N–H and O–H groups in total. The average Bonchev–Trinajstić information content (AvgIpc) is 2.78. The highest BCUT2D eigenvalue weighted by Gasteiger charge is 2.17. The summed E-state index contributed by atoms with van der Waals surface area (Å²) in [5.41, 5.74) is 2.06. The Bertz CT molecular complexity index is 336. The van der Waals surface area contributed by atoms with E-state index in [9.17, 15) is 5.11 Å². The second-order valence-electron chi connectivity index (χ2n) is 4.55. The van der Waals surface area contributed by atoms with Crippen LogP contribution in [0.1, 0.15) is 42.9 Å². The van der Waals surface area contributed by atoms with E-state index in [2.05, 4.69) is 4.98 Å². The van der Waals surface area contributed by atoms with Crippen LogP contribution >= 0.6 is 11.8 Å². The molecule has 2 rings (SSSR count). The van der Waals surface area contributed by atoms with Gasteiger partial charge in [0, 0.05) is 23.4 Å². The number of rotatable bonds is 4. The molecule has 0 radical (unpaired) electrons. The topological polar surface area (TPSA) is 33.1 Å². The van der Waals surface area contributed by atoms with Crippen molar-refractivity contribution in [2.45, 2.75) is 44.0 Å². The van der Waals surface area contributed by atoms with Crippen molar-refractivity contribution in [2.24, 2.45) is 0 Å². The van der Waals surface area contributed by atoms with Crippen molar-refractivity contribution in [1.82, 2.24) is 4.98 Å². The number of nitrogens with zero attached hydrogens (tertiary/aromatic N) is 1. The van der Waals surface area contributed by atoms with Gasteiger partial charge >= 0.3 is 0 Å². The van der Waals surface area contributed by atoms with E-state index >= 15 is 0 Å². The summed E-state index contributed by atoms with van der Waals surface area (Å²) < 4.78 is 0. The van der Waals surface area contributed by atoms with E-state index in [1.54, 1.807) is 6.20 Å². The van der Waals surface area contributed by atoms with Crippen molar-refractivity contribution < 1.29 is 5.11 Å². The summed E-state index contributed by atoms with van der Waals surface area (Å²) in [6, 6.07) is 2.02. The van der Waals surface area contributed by atoms with Crippen LogP contribution in [0, 0.1) is 6.92 Å². The number of hydrogen-bond acceptors (Lipinski definition) is 3. The van der Waals surface area contributed by atoms with Crippen molar-refractivity contribution in [2.75, 3.05) is 5.75 Å². The van der Waals surface area contributed by atoms with Crippen LogP contribution in [0.4, 0.5) is 0 Å². The molecule has 16 heavy (non-hydrogen) atoms. The first-order valence-corrected chi connectivity index (χ1v) is 7.02. The molecule has 0 spiro atoms. The van der Waals surface area contributed by atoms with Crippen LogP contribution in [0.2, 0.25) is 0 Å². The molecule has 2 nitrogen and oxygen atoms in total. The molecule has 1 heterocycles. The molecule has 0 bridgehead atoms. The molecule has 0 aliphatic heterocycles. The van der Waals surface area contributed by atoms with Gasteiger partial charge in [-0.25, -0.2) is 0 Å². The van der Waals surface area contributed by atoms with Crippen LogP contribution in [0.25, 0.3) is 0 Å². The highest BCUT2D eigenvalue weighted by molar-refractivity contribution is 7.99. The zero-order valence-corrected chi connectivity index (χ0v) is 10.5. The largest absolute Gasteiger partial charge is 0.387 e. The molecule has 1 unspecified atom stereocenters. The lowest BCUT2D eigenvalue weighted by Gasteiger charge is -2.14. The Balaban J connectivity index is 1.85. The molecule has 0 saturated heterocycles. The molecule has 3 heteroatoms. The van der Waals surface area contributed by atoms with E-state index < -0.39 is 0 Å². The van der Waals surface area contributed by atoms with Gasteiger partial charge in [-0.2, -0.15) is 11.8 Å². The van der Waals surface area contributed by atoms with Crippen LogP contribution < -0.4 is 0 Å². The molecule has 0 amide bonds. The number of aliphatic hydroxyl groups is 1. The average molecular weight is 237 g/mol. The number of thioether (sulfide) groups is 1. The van der Waals surface area contributed by atoms with Crippen LogP contribution in [0.15, 0.2) is 18.5 Å². The second-order valence-corrected chi connectivity index (χ2v) is 5.88. The molecule has 1 fully saturated rings. The molecule has 1 aliphatic rings. The summed E-state index contributed by atoms with van der Waals surface area (Å²) in [7, 11) is 0. The molecule has 1 aromatic rings. The van der Waals surface area contributed by atoms with Gasteiger partial charge in [-0.15, -0.1) is 0 Å². The summed E-state index contributed by atoms with van der Waals surface area (Å²) in [5.74, 6) is 0.801. The van der Waals surface area contributed by atoms with Crippen LogP contribution in [-0.4, -0.2) is 21.1 Å². The van der Waals surface area contributed by atoms with Crippen molar-refractivity contribution in [3.8, 4) is 0 Å². The predicted octanol–water partition coefficient (Wildman–Crippen LogP) is 3.10. The number of aryl methyl sites for hydroxylation is 1. The minimum absolute atomic E-state index is 0.363. The summed E-state index contributed by atoms with van der Waals surface area (Å²) >= 11 is 1.92. The number of pyridine rings is 1. The third-order valence-corrected chi connectivity index (χ3v) is 4.52. The fourth-order valence-corrected chi connectivity index (χ4v) is 3.45. The van der Waals surface area contributed by atoms with Crippen LogP contribution in [0.3, 0.4) is 0 Å². The first-order chi connectivity index (χ1) is 7.75. The summed E-state index contributed by atoms with van der Waals surface area (Å²) in [6.07, 6.45) is 8.60. The van der Waals surface area contributed by atoms with Gasteiger partial charge in [-0.3, -0.25) is 4.98 Å². The number of hydrogen-bond donors (Lipinski definition) is 1. The molecular weight excluding hydrogens is 218 g/mol. The van der Waals surface area contributed by atoms with E-state index in [1.807, 2.05) is 30.9 Å². The monoisotopic (exact) mass is 237 g/mol. The van der Waals surface area contributed by atoms with Crippen molar-refractivity contribution >= 4 is 11.8 Å². The summed E-state index contributed by atoms with van der Waals surface area (Å²) in [6.45, 7) is 2.01. The highest BCUT2D eigenvalue weighted by atomic mass is 32.2. The Labute approximate surface area is 101 Å². The first-order valence-electron chi connectivity index (χ1n) is 5.97. The van der Waals surface area contributed by atoms with Gasteiger partial charge in [-0.05, 0) is 30.9 Å². The SMILES string of the molecule is Cc1cncc(C(O)CSC2CCCC2)c1. The highest BCUT2D eigenvalue weighted by Crippen LogP contribution is 2.31. The summed E-state index contributed by atoms with van der Waals surface area (Å²) in [5, 5.41) is 10.8. The predicted molar refractivity (Wildman–Crippen MR) is 68.6 cm³/mol. The molecule has 1 saturated carbocycles. The second kappa shape index (κ2) is 5.69. The third-order valence-electron chi connectivity index (χ3n) is 3.07. The smallest absolute Gasteiger partial charge is 0.0895 e. The van der Waals surface area contributed by atoms with Gasteiger partial charge in [-0.1, -0.05) is 18.9 Å². The van der Waals surface area contributed by atoms with Crippen molar-refractivity contribution in [3.63, 3.8) is 0 Å². The van der Waals surface area contributed by atoms with Crippen molar-refractivity contribution in [1.29, 1.82) is 0 Å². The lowest BCUT2D eigenvalue weighted by atomic mass is 10.1.